The van der Waals surface area contributed by atoms with Crippen LogP contribution in [0.1, 0.15) is 59.5 Å². The van der Waals surface area contributed by atoms with Crippen LogP contribution in [0.4, 0.5) is 0 Å². The van der Waals surface area contributed by atoms with Gasteiger partial charge in [0.15, 0.2) is 11.2 Å². The molecule has 4 rings (SSSR count). The predicted molar refractivity (Wildman–Crippen MR) is 242 cm³/mol. The molecule has 4 aromatic carbocycles. The van der Waals surface area contributed by atoms with Crippen LogP contribution in [-0.2, 0) is 51.0 Å². The zero-order valence-electron chi connectivity index (χ0n) is 36.0. The number of ether oxygens (including phenoxy) is 6. The Morgan fingerprint density at radius 3 is 1.25 bits per heavy atom. The van der Waals surface area contributed by atoms with E-state index in [1.807, 2.05) is 24.3 Å². The Balaban J connectivity index is 0.000000434. The van der Waals surface area contributed by atoms with Gasteiger partial charge in [-0.2, -0.15) is 0 Å². The molecule has 64 heavy (non-hydrogen) atoms. The molecule has 0 aromatic heterocycles. The van der Waals surface area contributed by atoms with Gasteiger partial charge in [0.25, 0.3) is 11.8 Å². The molecule has 0 saturated carbocycles. The Kier molecular flexibility index (Phi) is 23.1. The van der Waals surface area contributed by atoms with Crippen molar-refractivity contribution in [3.05, 3.63) is 129 Å². The van der Waals surface area contributed by atoms with E-state index in [0.29, 0.717) is 58.6 Å². The maximum absolute atomic E-state index is 12.2. The molecule has 0 heterocycles. The van der Waals surface area contributed by atoms with Crippen molar-refractivity contribution in [1.82, 2.24) is 16.0 Å². The van der Waals surface area contributed by atoms with Crippen LogP contribution in [0.15, 0.2) is 97.1 Å². The van der Waals surface area contributed by atoms with E-state index < -0.39 is 48.7 Å². The maximum Gasteiger partial charge on any atom is 0.352 e. The molecule has 0 bridgehead atoms. The summed E-state index contributed by atoms with van der Waals surface area (Å²) in [5.41, 5.74) is 5.60. The van der Waals surface area contributed by atoms with Crippen molar-refractivity contribution in [3.8, 4) is 11.5 Å². The molecule has 2 amide bonds. The topological polar surface area (TPSA) is 220 Å². The van der Waals surface area contributed by atoms with E-state index in [9.17, 15) is 28.8 Å². The smallest absolute Gasteiger partial charge is 0.352 e. The van der Waals surface area contributed by atoms with E-state index in [4.69, 9.17) is 52.6 Å². The number of nitrogens with two attached hydrogens (primary N) is 1. The SMILES string of the molecule is CC(C)(Oc1ccc(CCNC(=O)c2ccc(Cl)cc2)cc1)C(=O)OCOC(=O)CN.CNCC(=O)OCOC(=O)C(C)(C)Oc1ccc(CCNC(=O)c2ccc(Cl)cc2)cc1.Cl. The Bertz CT molecular complexity index is 2120. The lowest BCUT2D eigenvalue weighted by Crippen LogP contribution is -2.40. The fourth-order valence-electron chi connectivity index (χ4n) is 5.07. The standard InChI is InChI=1S/C23H27ClN2O6.C22H25ClN2O6.ClH/c1-23(2,22(29)31-15-30-20(27)14-25-3)32-19-10-4-16(5-11-19)12-13-26-21(28)17-6-8-18(24)9-7-17;1-22(2,21(28)30-14-29-19(26)13-24)31-18-9-3-15(4-10-18)11-12-25-20(27)16-5-7-17(23)8-6-16;/h4-11,25H,12-15H2,1-3H3,(H,26,28);3-10H,11-14,24H2,1-2H3,(H,25,27);1H. The van der Waals surface area contributed by atoms with E-state index in [2.05, 4.69) is 20.7 Å². The predicted octanol–water partition coefficient (Wildman–Crippen LogP) is 5.63. The van der Waals surface area contributed by atoms with Gasteiger partial charge in [0.2, 0.25) is 13.6 Å². The molecule has 16 nitrogen and oxygen atoms in total. The van der Waals surface area contributed by atoms with E-state index in [1.54, 1.807) is 108 Å². The van der Waals surface area contributed by atoms with Gasteiger partial charge < -0.3 is 50.1 Å². The molecule has 0 spiro atoms. The molecular weight excluding hydrogens is 895 g/mol. The first kappa shape index (κ1) is 54.2. The lowest BCUT2D eigenvalue weighted by Gasteiger charge is -2.24. The van der Waals surface area contributed by atoms with Gasteiger partial charge in [0.1, 0.15) is 11.5 Å². The molecule has 346 valence electrons. The molecule has 4 aromatic rings. The zero-order chi connectivity index (χ0) is 46.4. The van der Waals surface area contributed by atoms with Crippen LogP contribution in [0.25, 0.3) is 0 Å². The van der Waals surface area contributed by atoms with Gasteiger partial charge >= 0.3 is 23.9 Å². The van der Waals surface area contributed by atoms with Crippen molar-refractivity contribution in [2.45, 2.75) is 51.7 Å². The third kappa shape index (κ3) is 19.6. The number of nitrogens with one attached hydrogen (secondary N) is 3. The van der Waals surface area contributed by atoms with Crippen molar-refractivity contribution >= 4 is 71.3 Å². The molecular formula is C45H53Cl3N4O12. The third-order valence-electron chi connectivity index (χ3n) is 8.49. The summed E-state index contributed by atoms with van der Waals surface area (Å²) in [7, 11) is 1.60. The van der Waals surface area contributed by atoms with Gasteiger partial charge in [-0.05, 0) is 132 Å². The highest BCUT2D eigenvalue weighted by molar-refractivity contribution is 6.31. The number of amides is 2. The first-order valence-electron chi connectivity index (χ1n) is 19.6. The first-order valence-corrected chi connectivity index (χ1v) is 20.3. The van der Waals surface area contributed by atoms with Gasteiger partial charge in [-0.1, -0.05) is 47.5 Å². The highest BCUT2D eigenvalue weighted by Crippen LogP contribution is 2.22. The molecule has 0 aliphatic carbocycles. The number of carbonyl (C=O) groups excluding carboxylic acids is 6. The average Bonchev–Trinajstić information content (AvgIpc) is 3.25. The highest BCUT2D eigenvalue weighted by Gasteiger charge is 2.33. The Hall–Kier alpha value is -5.91. The fraction of sp³-hybridized carbons (Fsp3) is 0.333. The van der Waals surface area contributed by atoms with Crippen LogP contribution >= 0.6 is 35.6 Å². The number of likely N-dealkylation sites (N-methyl/N-ethyl adjacent to an activating group) is 1. The summed E-state index contributed by atoms with van der Waals surface area (Å²) in [6.07, 6.45) is 1.25. The van der Waals surface area contributed by atoms with Crippen molar-refractivity contribution in [3.63, 3.8) is 0 Å². The highest BCUT2D eigenvalue weighted by atomic mass is 35.5. The quantitative estimate of drug-likeness (QED) is 0.0588. The van der Waals surface area contributed by atoms with Crippen molar-refractivity contribution < 1.29 is 57.2 Å². The minimum absolute atomic E-state index is 0. The monoisotopic (exact) mass is 946 g/mol. The fourth-order valence-corrected chi connectivity index (χ4v) is 5.32. The van der Waals surface area contributed by atoms with E-state index in [-0.39, 0.29) is 37.3 Å². The summed E-state index contributed by atoms with van der Waals surface area (Å²) in [5, 5.41) is 9.49. The average molecular weight is 948 g/mol. The summed E-state index contributed by atoms with van der Waals surface area (Å²) >= 11 is 11.6. The molecule has 0 aliphatic heterocycles. The van der Waals surface area contributed by atoms with Crippen LogP contribution in [0.5, 0.6) is 11.5 Å². The Morgan fingerprint density at radius 1 is 0.547 bits per heavy atom. The van der Waals surface area contributed by atoms with Gasteiger partial charge in [0.05, 0.1) is 13.1 Å². The van der Waals surface area contributed by atoms with Crippen LogP contribution in [-0.4, -0.2) is 93.7 Å². The normalized spacial score (nSPS) is 10.7. The van der Waals surface area contributed by atoms with Gasteiger partial charge in [-0.25, -0.2) is 9.59 Å². The van der Waals surface area contributed by atoms with Crippen LogP contribution in [0, 0.1) is 0 Å². The summed E-state index contributed by atoms with van der Waals surface area (Å²) in [5.74, 6) is -1.95. The third-order valence-corrected chi connectivity index (χ3v) is 9.00. The molecule has 0 fully saturated rings. The molecule has 0 atom stereocenters. The second-order valence-corrected chi connectivity index (χ2v) is 15.3. The number of carbonyl (C=O) groups is 6. The van der Waals surface area contributed by atoms with E-state index in [0.717, 1.165) is 11.1 Å². The maximum atomic E-state index is 12.2. The molecule has 0 saturated heterocycles. The lowest BCUT2D eigenvalue weighted by molar-refractivity contribution is -0.178. The van der Waals surface area contributed by atoms with E-state index >= 15 is 0 Å². The van der Waals surface area contributed by atoms with Crippen molar-refractivity contribution in [2.75, 3.05) is 46.8 Å². The second-order valence-electron chi connectivity index (χ2n) is 14.4. The lowest BCUT2D eigenvalue weighted by atomic mass is 10.1. The Labute approximate surface area is 388 Å². The largest absolute Gasteiger partial charge is 0.476 e. The van der Waals surface area contributed by atoms with Crippen LogP contribution in [0.3, 0.4) is 0 Å². The van der Waals surface area contributed by atoms with E-state index in [1.165, 1.54) is 0 Å². The molecule has 0 unspecified atom stereocenters. The number of hydrogen-bond donors (Lipinski definition) is 4. The minimum atomic E-state index is -1.29. The molecule has 0 aliphatic rings. The van der Waals surface area contributed by atoms with Crippen molar-refractivity contribution in [1.29, 1.82) is 0 Å². The summed E-state index contributed by atoms with van der Waals surface area (Å²) in [6.45, 7) is 5.85. The van der Waals surface area contributed by atoms with Gasteiger partial charge in [-0.15, -0.1) is 12.4 Å². The second kappa shape index (κ2) is 27.3. The number of halogens is 3. The minimum Gasteiger partial charge on any atom is -0.476 e. The van der Waals surface area contributed by atoms with Gasteiger partial charge in [0, 0.05) is 34.3 Å². The van der Waals surface area contributed by atoms with Gasteiger partial charge in [-0.3, -0.25) is 19.2 Å². The molecule has 5 N–H and O–H groups in total. The Morgan fingerprint density at radius 2 is 0.906 bits per heavy atom. The number of benzene rings is 4. The van der Waals surface area contributed by atoms with Crippen LogP contribution in [0.2, 0.25) is 10.0 Å². The zero-order valence-corrected chi connectivity index (χ0v) is 38.4. The summed E-state index contributed by atoms with van der Waals surface area (Å²) in [6, 6.07) is 27.6. The molecule has 0 radical (unpaired) electrons. The number of esters is 4. The summed E-state index contributed by atoms with van der Waals surface area (Å²) in [4.78, 5) is 70.8. The molecule has 19 heteroatoms. The van der Waals surface area contributed by atoms with Crippen LogP contribution < -0.4 is 31.2 Å². The van der Waals surface area contributed by atoms with Crippen molar-refractivity contribution in [2.24, 2.45) is 5.73 Å². The first-order chi connectivity index (χ1) is 29.9. The number of hydrogen-bond acceptors (Lipinski definition) is 14. The summed E-state index contributed by atoms with van der Waals surface area (Å²) < 4.78 is 30.6. The number of rotatable bonds is 21.